The summed E-state index contributed by atoms with van der Waals surface area (Å²) >= 11 is 0. The number of carbonyl (C=O) groups is 2. The van der Waals surface area contributed by atoms with E-state index < -0.39 is 0 Å². The highest BCUT2D eigenvalue weighted by Crippen LogP contribution is 2.13. The molecule has 0 unspecified atom stereocenters. The first kappa shape index (κ1) is 16.3. The first-order valence-electron chi connectivity index (χ1n) is 7.55. The van der Waals surface area contributed by atoms with E-state index in [1.165, 1.54) is 24.0 Å². The van der Waals surface area contributed by atoms with E-state index in [-0.39, 0.29) is 11.7 Å². The fraction of sp³-hybridized carbons (Fsp3) is 0.0556. The molecule has 25 heavy (non-hydrogen) atoms. The van der Waals surface area contributed by atoms with Gasteiger partial charge < -0.3 is 5.32 Å². The molecule has 0 saturated carbocycles. The SMILES string of the molecule is CC(=O)Nc1ccc(/C=C/C(=O)c2cccc(-n3cnnn3)c2)cc1. The number of rotatable bonds is 5. The van der Waals surface area contributed by atoms with Gasteiger partial charge in [-0.3, -0.25) is 9.59 Å². The molecule has 0 spiro atoms. The average Bonchev–Trinajstić information content (AvgIpc) is 3.15. The van der Waals surface area contributed by atoms with Crippen molar-refractivity contribution in [1.82, 2.24) is 20.2 Å². The van der Waals surface area contributed by atoms with Crippen LogP contribution in [0.25, 0.3) is 11.8 Å². The molecule has 124 valence electrons. The van der Waals surface area contributed by atoms with Crippen LogP contribution in [0.1, 0.15) is 22.8 Å². The molecule has 1 amide bonds. The number of aromatic nitrogens is 4. The molecule has 0 bridgehead atoms. The van der Waals surface area contributed by atoms with E-state index in [4.69, 9.17) is 0 Å². The van der Waals surface area contributed by atoms with Crippen molar-refractivity contribution in [2.45, 2.75) is 6.92 Å². The van der Waals surface area contributed by atoms with Gasteiger partial charge in [0.25, 0.3) is 0 Å². The lowest BCUT2D eigenvalue weighted by Gasteiger charge is -2.02. The third-order valence-corrected chi connectivity index (χ3v) is 3.40. The minimum atomic E-state index is -0.124. The van der Waals surface area contributed by atoms with Crippen LogP contribution in [0.2, 0.25) is 0 Å². The fourth-order valence-electron chi connectivity index (χ4n) is 2.23. The van der Waals surface area contributed by atoms with Crippen LogP contribution in [-0.4, -0.2) is 31.9 Å². The van der Waals surface area contributed by atoms with Crippen LogP contribution in [0.15, 0.2) is 60.9 Å². The highest BCUT2D eigenvalue weighted by atomic mass is 16.1. The lowest BCUT2D eigenvalue weighted by molar-refractivity contribution is -0.114. The van der Waals surface area contributed by atoms with Gasteiger partial charge in [-0.2, -0.15) is 0 Å². The van der Waals surface area contributed by atoms with Gasteiger partial charge in [0.1, 0.15) is 6.33 Å². The summed E-state index contributed by atoms with van der Waals surface area (Å²) in [4.78, 5) is 23.3. The van der Waals surface area contributed by atoms with Crippen LogP contribution in [0.3, 0.4) is 0 Å². The van der Waals surface area contributed by atoms with E-state index in [1.807, 2.05) is 18.2 Å². The van der Waals surface area contributed by atoms with Crippen LogP contribution in [0.5, 0.6) is 0 Å². The van der Waals surface area contributed by atoms with Crippen molar-refractivity contribution in [2.24, 2.45) is 0 Å². The molecule has 1 aromatic heterocycles. The summed E-state index contributed by atoms with van der Waals surface area (Å²) in [7, 11) is 0. The zero-order valence-electron chi connectivity index (χ0n) is 13.5. The predicted molar refractivity (Wildman–Crippen MR) is 93.3 cm³/mol. The number of carbonyl (C=O) groups excluding carboxylic acids is 2. The second kappa shape index (κ2) is 7.31. The van der Waals surface area contributed by atoms with Gasteiger partial charge >= 0.3 is 0 Å². The number of tetrazole rings is 1. The number of hydrogen-bond donors (Lipinski definition) is 1. The maximum Gasteiger partial charge on any atom is 0.221 e. The molecule has 7 nitrogen and oxygen atoms in total. The molecule has 1 heterocycles. The van der Waals surface area contributed by atoms with Gasteiger partial charge in [0.2, 0.25) is 5.91 Å². The number of nitrogens with one attached hydrogen (secondary N) is 1. The van der Waals surface area contributed by atoms with E-state index in [0.717, 1.165) is 5.56 Å². The van der Waals surface area contributed by atoms with Gasteiger partial charge in [-0.1, -0.05) is 30.3 Å². The molecular weight excluding hydrogens is 318 g/mol. The Morgan fingerprint density at radius 3 is 2.60 bits per heavy atom. The van der Waals surface area contributed by atoms with Gasteiger partial charge in [0.05, 0.1) is 5.69 Å². The summed E-state index contributed by atoms with van der Waals surface area (Å²) in [6, 6.07) is 14.3. The minimum absolute atomic E-state index is 0.124. The molecule has 7 heteroatoms. The second-order valence-electron chi connectivity index (χ2n) is 5.31. The number of allylic oxidation sites excluding steroid dienone is 1. The quantitative estimate of drug-likeness (QED) is 0.572. The van der Waals surface area contributed by atoms with Crippen molar-refractivity contribution in [3.8, 4) is 5.69 Å². The standard InChI is InChI=1S/C18H15N5O2/c1-13(24)20-16-8-5-14(6-9-16)7-10-18(25)15-3-2-4-17(11-15)23-12-19-21-22-23/h2-12H,1H3,(H,20,24)/b10-7+. The highest BCUT2D eigenvalue weighted by molar-refractivity contribution is 6.07. The van der Waals surface area contributed by atoms with Crippen LogP contribution in [0.4, 0.5) is 5.69 Å². The fourth-order valence-corrected chi connectivity index (χ4v) is 2.23. The molecule has 0 aliphatic carbocycles. The Bertz CT molecular complexity index is 915. The van der Waals surface area contributed by atoms with Crippen molar-refractivity contribution in [2.75, 3.05) is 5.32 Å². The monoisotopic (exact) mass is 333 g/mol. The van der Waals surface area contributed by atoms with E-state index in [9.17, 15) is 9.59 Å². The molecule has 3 aromatic rings. The van der Waals surface area contributed by atoms with Crippen molar-refractivity contribution >= 4 is 23.5 Å². The maximum atomic E-state index is 12.3. The van der Waals surface area contributed by atoms with E-state index in [1.54, 1.807) is 36.4 Å². The van der Waals surface area contributed by atoms with Crippen LogP contribution in [-0.2, 0) is 4.79 Å². The Morgan fingerprint density at radius 1 is 1.12 bits per heavy atom. The molecule has 0 atom stereocenters. The molecule has 3 rings (SSSR count). The van der Waals surface area contributed by atoms with Crippen LogP contribution in [0, 0.1) is 0 Å². The molecule has 1 N–H and O–H groups in total. The van der Waals surface area contributed by atoms with Crippen molar-refractivity contribution < 1.29 is 9.59 Å². The summed E-state index contributed by atoms with van der Waals surface area (Å²) < 4.78 is 1.49. The first-order chi connectivity index (χ1) is 12.1. The zero-order chi connectivity index (χ0) is 17.6. The Hall–Kier alpha value is -3.61. The number of hydrogen-bond acceptors (Lipinski definition) is 5. The average molecular weight is 333 g/mol. The molecule has 0 radical (unpaired) electrons. The van der Waals surface area contributed by atoms with Crippen LogP contribution < -0.4 is 5.32 Å². The zero-order valence-corrected chi connectivity index (χ0v) is 13.5. The third-order valence-electron chi connectivity index (χ3n) is 3.40. The van der Waals surface area contributed by atoms with E-state index in [2.05, 4.69) is 20.8 Å². The summed E-state index contributed by atoms with van der Waals surface area (Å²) in [6.07, 6.45) is 4.70. The molecule has 0 aliphatic heterocycles. The number of benzene rings is 2. The smallest absolute Gasteiger partial charge is 0.221 e. The van der Waals surface area contributed by atoms with E-state index >= 15 is 0 Å². The largest absolute Gasteiger partial charge is 0.326 e. The maximum absolute atomic E-state index is 12.3. The van der Waals surface area contributed by atoms with Crippen LogP contribution >= 0.6 is 0 Å². The normalized spacial score (nSPS) is 10.8. The molecule has 2 aromatic carbocycles. The highest BCUT2D eigenvalue weighted by Gasteiger charge is 2.05. The number of anilines is 1. The lowest BCUT2D eigenvalue weighted by Crippen LogP contribution is -2.05. The summed E-state index contributed by atoms with van der Waals surface area (Å²) in [5, 5.41) is 13.7. The van der Waals surface area contributed by atoms with Crippen molar-refractivity contribution in [3.05, 3.63) is 72.1 Å². The topological polar surface area (TPSA) is 89.8 Å². The molecule has 0 saturated heterocycles. The number of nitrogens with zero attached hydrogens (tertiary/aromatic N) is 4. The Kier molecular flexibility index (Phi) is 4.75. The molecule has 0 aliphatic rings. The number of amides is 1. The van der Waals surface area contributed by atoms with Gasteiger partial charge in [-0.05, 0) is 46.3 Å². The number of ketones is 1. The van der Waals surface area contributed by atoms with E-state index in [0.29, 0.717) is 16.9 Å². The first-order valence-corrected chi connectivity index (χ1v) is 7.55. The summed E-state index contributed by atoms with van der Waals surface area (Å²) in [6.45, 7) is 1.45. The van der Waals surface area contributed by atoms with Gasteiger partial charge in [-0.15, -0.1) is 5.10 Å². The third kappa shape index (κ3) is 4.23. The Morgan fingerprint density at radius 2 is 1.92 bits per heavy atom. The Labute approximate surface area is 144 Å². The molecular formula is C18H15N5O2. The van der Waals surface area contributed by atoms with Gasteiger partial charge in [-0.25, -0.2) is 4.68 Å². The Balaban J connectivity index is 1.72. The lowest BCUT2D eigenvalue weighted by atomic mass is 10.1. The predicted octanol–water partition coefficient (Wildman–Crippen LogP) is 2.52. The minimum Gasteiger partial charge on any atom is -0.326 e. The van der Waals surface area contributed by atoms with Gasteiger partial charge in [0, 0.05) is 18.2 Å². The van der Waals surface area contributed by atoms with Crippen molar-refractivity contribution in [1.29, 1.82) is 0 Å². The summed E-state index contributed by atoms with van der Waals surface area (Å²) in [5.41, 5.74) is 2.83. The second-order valence-corrected chi connectivity index (χ2v) is 5.31. The summed E-state index contributed by atoms with van der Waals surface area (Å²) in [5.74, 6) is -0.248. The van der Waals surface area contributed by atoms with Gasteiger partial charge in [0.15, 0.2) is 5.78 Å². The van der Waals surface area contributed by atoms with Crippen molar-refractivity contribution in [3.63, 3.8) is 0 Å². The molecule has 0 fully saturated rings.